The van der Waals surface area contributed by atoms with Gasteiger partial charge in [-0.05, 0) is 56.0 Å². The molecule has 0 aliphatic carbocycles. The fourth-order valence-corrected chi connectivity index (χ4v) is 3.92. The minimum Gasteiger partial charge on any atom is -0.336 e. The second kappa shape index (κ2) is 5.52. The van der Waals surface area contributed by atoms with Crippen molar-refractivity contribution in [2.24, 2.45) is 0 Å². The highest BCUT2D eigenvalue weighted by atomic mass is 16.2. The summed E-state index contributed by atoms with van der Waals surface area (Å²) >= 11 is 0. The standard InChI is InChI=1S/C21H22N2O/c1-4-22-19-15(3)14(2)10-11-17(19)18-12-13-23(21(24)20(18)22)16-8-6-5-7-9-16/h5-11H,4,12-13H2,1-3H3. The minimum atomic E-state index is 0.123. The van der Waals surface area contributed by atoms with Gasteiger partial charge >= 0.3 is 0 Å². The van der Waals surface area contributed by atoms with E-state index in [2.05, 4.69) is 37.5 Å². The Hall–Kier alpha value is -2.55. The first kappa shape index (κ1) is 15.0. The number of carbonyl (C=O) groups excluding carboxylic acids is 1. The van der Waals surface area contributed by atoms with Gasteiger partial charge in [0.25, 0.3) is 5.91 Å². The quantitative estimate of drug-likeness (QED) is 0.684. The van der Waals surface area contributed by atoms with Gasteiger partial charge in [-0.2, -0.15) is 0 Å². The molecule has 2 heterocycles. The van der Waals surface area contributed by atoms with Crippen LogP contribution in [0.15, 0.2) is 42.5 Å². The number of carbonyl (C=O) groups is 1. The lowest BCUT2D eigenvalue weighted by atomic mass is 9.99. The number of nitrogens with zero attached hydrogens (tertiary/aromatic N) is 2. The van der Waals surface area contributed by atoms with E-state index in [4.69, 9.17) is 0 Å². The molecule has 0 saturated heterocycles. The van der Waals surface area contributed by atoms with Crippen LogP contribution in [0.2, 0.25) is 0 Å². The van der Waals surface area contributed by atoms with Crippen molar-refractivity contribution in [1.29, 1.82) is 0 Å². The fourth-order valence-electron chi connectivity index (χ4n) is 3.92. The lowest BCUT2D eigenvalue weighted by Crippen LogP contribution is -2.38. The van der Waals surface area contributed by atoms with E-state index in [-0.39, 0.29) is 5.91 Å². The molecular weight excluding hydrogens is 296 g/mol. The molecule has 1 aliphatic heterocycles. The van der Waals surface area contributed by atoms with E-state index in [1.54, 1.807) is 0 Å². The topological polar surface area (TPSA) is 25.2 Å². The highest BCUT2D eigenvalue weighted by Gasteiger charge is 2.31. The number of fused-ring (bicyclic) bond motifs is 3. The van der Waals surface area contributed by atoms with Gasteiger partial charge in [-0.1, -0.05) is 30.3 Å². The van der Waals surface area contributed by atoms with Crippen LogP contribution < -0.4 is 4.90 Å². The lowest BCUT2D eigenvalue weighted by Gasteiger charge is -2.28. The number of aryl methyl sites for hydroxylation is 3. The summed E-state index contributed by atoms with van der Waals surface area (Å²) in [6.45, 7) is 7.97. The maximum absolute atomic E-state index is 13.3. The van der Waals surface area contributed by atoms with Crippen LogP contribution in [0.3, 0.4) is 0 Å². The summed E-state index contributed by atoms with van der Waals surface area (Å²) in [4.78, 5) is 15.2. The third-order valence-electron chi connectivity index (χ3n) is 5.27. The Morgan fingerprint density at radius 1 is 1.04 bits per heavy atom. The summed E-state index contributed by atoms with van der Waals surface area (Å²) in [7, 11) is 0. The third-order valence-corrected chi connectivity index (χ3v) is 5.27. The molecule has 0 unspecified atom stereocenters. The predicted molar refractivity (Wildman–Crippen MR) is 98.9 cm³/mol. The zero-order valence-corrected chi connectivity index (χ0v) is 14.5. The first-order valence-electron chi connectivity index (χ1n) is 8.61. The lowest BCUT2D eigenvalue weighted by molar-refractivity contribution is 0.0972. The van der Waals surface area contributed by atoms with Crippen LogP contribution in [0.4, 0.5) is 5.69 Å². The highest BCUT2D eigenvalue weighted by Crippen LogP contribution is 2.35. The number of rotatable bonds is 2. The monoisotopic (exact) mass is 318 g/mol. The summed E-state index contributed by atoms with van der Waals surface area (Å²) < 4.78 is 2.21. The average Bonchev–Trinajstić information content (AvgIpc) is 2.94. The van der Waals surface area contributed by atoms with Crippen LogP contribution in [-0.2, 0) is 13.0 Å². The minimum absolute atomic E-state index is 0.123. The van der Waals surface area contributed by atoms with Gasteiger partial charge in [0.05, 0.1) is 5.52 Å². The zero-order chi connectivity index (χ0) is 16.8. The van der Waals surface area contributed by atoms with Crippen molar-refractivity contribution in [1.82, 2.24) is 4.57 Å². The second-order valence-electron chi connectivity index (χ2n) is 6.52. The van der Waals surface area contributed by atoms with Crippen molar-refractivity contribution in [3.8, 4) is 0 Å². The van der Waals surface area contributed by atoms with Crippen molar-refractivity contribution >= 4 is 22.5 Å². The molecule has 0 bridgehead atoms. The molecule has 0 saturated carbocycles. The molecule has 24 heavy (non-hydrogen) atoms. The Bertz CT molecular complexity index is 938. The summed E-state index contributed by atoms with van der Waals surface area (Å²) in [5.74, 6) is 0.123. The maximum atomic E-state index is 13.3. The first-order valence-corrected chi connectivity index (χ1v) is 8.61. The second-order valence-corrected chi connectivity index (χ2v) is 6.52. The van der Waals surface area contributed by atoms with Crippen LogP contribution in [0.25, 0.3) is 10.9 Å². The summed E-state index contributed by atoms with van der Waals surface area (Å²) in [6, 6.07) is 14.3. The van der Waals surface area contributed by atoms with Crippen molar-refractivity contribution in [2.45, 2.75) is 33.7 Å². The smallest absolute Gasteiger partial charge is 0.275 e. The fraction of sp³-hybridized carbons (Fsp3) is 0.286. The van der Waals surface area contributed by atoms with Crippen molar-refractivity contribution < 1.29 is 4.79 Å². The molecule has 0 spiro atoms. The molecule has 0 N–H and O–H groups in total. The molecule has 2 aromatic carbocycles. The third kappa shape index (κ3) is 2.01. The Morgan fingerprint density at radius 2 is 1.79 bits per heavy atom. The molecule has 3 heteroatoms. The molecule has 1 aliphatic rings. The highest BCUT2D eigenvalue weighted by molar-refractivity contribution is 6.11. The summed E-state index contributed by atoms with van der Waals surface area (Å²) in [6.07, 6.45) is 0.905. The number of hydrogen-bond acceptors (Lipinski definition) is 1. The number of anilines is 1. The van der Waals surface area contributed by atoms with E-state index in [1.165, 1.54) is 27.6 Å². The summed E-state index contributed by atoms with van der Waals surface area (Å²) in [5, 5.41) is 1.25. The van der Waals surface area contributed by atoms with Crippen molar-refractivity contribution in [2.75, 3.05) is 11.4 Å². The maximum Gasteiger partial charge on any atom is 0.275 e. The molecular formula is C21H22N2O. The Labute approximate surface area is 142 Å². The number of hydrogen-bond donors (Lipinski definition) is 0. The van der Waals surface area contributed by atoms with Crippen LogP contribution >= 0.6 is 0 Å². The van der Waals surface area contributed by atoms with Crippen LogP contribution in [0.5, 0.6) is 0 Å². The number of amides is 1. The molecule has 0 atom stereocenters. The van der Waals surface area contributed by atoms with E-state index in [0.717, 1.165) is 30.9 Å². The number of benzene rings is 2. The largest absolute Gasteiger partial charge is 0.336 e. The van der Waals surface area contributed by atoms with E-state index in [9.17, 15) is 4.79 Å². The Balaban J connectivity index is 1.95. The van der Waals surface area contributed by atoms with E-state index >= 15 is 0 Å². The van der Waals surface area contributed by atoms with Gasteiger partial charge in [0.15, 0.2) is 0 Å². The molecule has 3 nitrogen and oxygen atoms in total. The van der Waals surface area contributed by atoms with Gasteiger partial charge < -0.3 is 9.47 Å². The first-order chi connectivity index (χ1) is 11.6. The summed E-state index contributed by atoms with van der Waals surface area (Å²) in [5.41, 5.74) is 6.85. The number of aromatic nitrogens is 1. The molecule has 1 aromatic heterocycles. The molecule has 0 fully saturated rings. The molecule has 1 amide bonds. The van der Waals surface area contributed by atoms with Gasteiger partial charge in [-0.25, -0.2) is 0 Å². The predicted octanol–water partition coefficient (Wildman–Crippen LogP) is 4.48. The van der Waals surface area contributed by atoms with Crippen LogP contribution in [0.1, 0.15) is 34.1 Å². The normalized spacial score (nSPS) is 14.3. The van der Waals surface area contributed by atoms with Gasteiger partial charge in [-0.3, -0.25) is 4.79 Å². The molecule has 3 aromatic rings. The van der Waals surface area contributed by atoms with Gasteiger partial charge in [0.2, 0.25) is 0 Å². The van der Waals surface area contributed by atoms with Gasteiger partial charge in [0.1, 0.15) is 5.69 Å². The zero-order valence-electron chi connectivity index (χ0n) is 14.5. The SMILES string of the molecule is CCn1c2c(c3ccc(C)c(C)c31)CCN(c1ccccc1)C2=O. The number of para-hydroxylation sites is 1. The van der Waals surface area contributed by atoms with Crippen molar-refractivity contribution in [3.05, 3.63) is 64.8 Å². The van der Waals surface area contributed by atoms with Gasteiger partial charge in [-0.15, -0.1) is 0 Å². The van der Waals surface area contributed by atoms with Gasteiger partial charge in [0, 0.05) is 24.2 Å². The molecule has 0 radical (unpaired) electrons. The van der Waals surface area contributed by atoms with Crippen LogP contribution in [0, 0.1) is 13.8 Å². The van der Waals surface area contributed by atoms with Crippen molar-refractivity contribution in [3.63, 3.8) is 0 Å². The molecule has 122 valence electrons. The Kier molecular flexibility index (Phi) is 3.45. The molecule has 4 rings (SSSR count). The van der Waals surface area contributed by atoms with E-state index in [0.29, 0.717) is 0 Å². The van der Waals surface area contributed by atoms with Crippen LogP contribution in [-0.4, -0.2) is 17.0 Å². The Morgan fingerprint density at radius 3 is 2.50 bits per heavy atom. The van der Waals surface area contributed by atoms with E-state index in [1.807, 2.05) is 35.2 Å². The van der Waals surface area contributed by atoms with E-state index < -0.39 is 0 Å². The average molecular weight is 318 g/mol.